The van der Waals surface area contributed by atoms with Crippen molar-refractivity contribution in [3.63, 3.8) is 0 Å². The van der Waals surface area contributed by atoms with E-state index in [-0.39, 0.29) is 0 Å². The topological polar surface area (TPSA) is 38.0 Å². The third kappa shape index (κ3) is 3.84. The first-order chi connectivity index (χ1) is 13.3. The van der Waals surface area contributed by atoms with Crippen LogP contribution >= 0.6 is 0 Å². The van der Waals surface area contributed by atoms with E-state index in [1.165, 1.54) is 35.2 Å². The van der Waals surface area contributed by atoms with E-state index in [0.717, 1.165) is 25.1 Å². The van der Waals surface area contributed by atoms with Crippen LogP contribution in [0.4, 0.5) is 0 Å². The molecule has 140 valence electrons. The Bertz CT molecular complexity index is 862. The molecule has 0 unspecified atom stereocenters. The van der Waals surface area contributed by atoms with E-state index < -0.39 is 0 Å². The summed E-state index contributed by atoms with van der Waals surface area (Å²) in [6, 6.07) is 21.1. The maximum atomic E-state index is 9.39. The van der Waals surface area contributed by atoms with Crippen molar-refractivity contribution in [2.45, 2.75) is 39.2 Å². The third-order valence-corrected chi connectivity index (χ3v) is 5.97. The Morgan fingerprint density at radius 3 is 2.00 bits per heavy atom. The number of benzene rings is 2. The van der Waals surface area contributed by atoms with Crippen molar-refractivity contribution >= 4 is 0 Å². The minimum absolute atomic E-state index is 0.337. The van der Waals surface area contributed by atoms with Crippen LogP contribution < -0.4 is 0 Å². The average Bonchev–Trinajstić information content (AvgIpc) is 3.06. The van der Waals surface area contributed by atoms with E-state index in [4.69, 9.17) is 5.10 Å². The van der Waals surface area contributed by atoms with Crippen molar-refractivity contribution in [3.8, 4) is 22.4 Å². The molecule has 0 aliphatic heterocycles. The van der Waals surface area contributed by atoms with E-state index in [2.05, 4.69) is 72.3 Å². The molecule has 0 atom stereocenters. The maximum Gasteiger partial charge on any atom is 0.100 e. The lowest BCUT2D eigenvalue weighted by Gasteiger charge is -2.27. The first-order valence-corrected chi connectivity index (χ1v) is 10.1. The molecule has 0 bridgehead atoms. The van der Waals surface area contributed by atoms with Crippen molar-refractivity contribution in [3.05, 3.63) is 66.4 Å². The van der Waals surface area contributed by atoms with Gasteiger partial charge in [-0.05, 0) is 50.0 Å². The van der Waals surface area contributed by atoms with Crippen LogP contribution in [-0.4, -0.2) is 21.5 Å². The molecule has 3 nitrogen and oxygen atoms in total. The van der Waals surface area contributed by atoms with Crippen LogP contribution in [-0.2, 0) is 6.54 Å². The molecule has 1 aliphatic rings. The number of aromatic nitrogens is 2. The summed E-state index contributed by atoms with van der Waals surface area (Å²) in [5.74, 6) is 1.15. The van der Waals surface area contributed by atoms with Gasteiger partial charge in [0.1, 0.15) is 5.69 Å². The highest BCUT2D eigenvalue weighted by atomic mass is 16.3. The second-order valence-corrected chi connectivity index (χ2v) is 7.79. The number of aliphatic hydroxyl groups excluding tert-OH is 1. The Balaban J connectivity index is 1.68. The largest absolute Gasteiger partial charge is 0.396 e. The fourth-order valence-electron chi connectivity index (χ4n) is 4.31. The summed E-state index contributed by atoms with van der Waals surface area (Å²) in [6.45, 7) is 3.50. The molecular formula is C24H28N2O. The Hall–Kier alpha value is -2.39. The Morgan fingerprint density at radius 2 is 1.41 bits per heavy atom. The summed E-state index contributed by atoms with van der Waals surface area (Å²) in [5, 5.41) is 14.4. The molecule has 1 saturated carbocycles. The minimum atomic E-state index is 0.337. The van der Waals surface area contributed by atoms with Crippen LogP contribution in [0.1, 0.15) is 31.4 Å². The maximum absolute atomic E-state index is 9.39. The van der Waals surface area contributed by atoms with Gasteiger partial charge in [-0.3, -0.25) is 4.68 Å². The van der Waals surface area contributed by atoms with Crippen molar-refractivity contribution in [2.24, 2.45) is 11.8 Å². The van der Waals surface area contributed by atoms with Gasteiger partial charge in [0.2, 0.25) is 0 Å². The number of rotatable bonds is 5. The zero-order valence-electron chi connectivity index (χ0n) is 16.0. The van der Waals surface area contributed by atoms with Crippen LogP contribution in [0.3, 0.4) is 0 Å². The smallest absolute Gasteiger partial charge is 0.100 e. The normalized spacial score (nSPS) is 19.9. The van der Waals surface area contributed by atoms with E-state index in [0.29, 0.717) is 18.4 Å². The van der Waals surface area contributed by atoms with Gasteiger partial charge in [-0.2, -0.15) is 5.10 Å². The monoisotopic (exact) mass is 360 g/mol. The Labute approximate surface area is 161 Å². The lowest BCUT2D eigenvalue weighted by Crippen LogP contribution is -2.21. The minimum Gasteiger partial charge on any atom is -0.396 e. The quantitative estimate of drug-likeness (QED) is 0.668. The van der Waals surface area contributed by atoms with Gasteiger partial charge in [-0.15, -0.1) is 0 Å². The molecule has 1 aromatic heterocycles. The van der Waals surface area contributed by atoms with Gasteiger partial charge in [0.05, 0.1) is 0 Å². The molecule has 4 rings (SSSR count). The fourth-order valence-corrected chi connectivity index (χ4v) is 4.31. The molecule has 2 aromatic carbocycles. The molecule has 0 radical (unpaired) electrons. The second-order valence-electron chi connectivity index (χ2n) is 7.79. The zero-order chi connectivity index (χ0) is 18.6. The van der Waals surface area contributed by atoms with Crippen LogP contribution in [0.2, 0.25) is 0 Å². The van der Waals surface area contributed by atoms with Gasteiger partial charge in [-0.25, -0.2) is 0 Å². The van der Waals surface area contributed by atoms with E-state index >= 15 is 0 Å². The molecular weight excluding hydrogens is 332 g/mol. The molecule has 0 amide bonds. The van der Waals surface area contributed by atoms with Crippen molar-refractivity contribution in [1.29, 1.82) is 0 Å². The number of aliphatic hydroxyl groups is 1. The SMILES string of the molecule is Cc1c(-c2ccccc2)c(-c2ccccc2)nn1CC1CCC(CO)CC1. The number of hydrogen-bond donors (Lipinski definition) is 1. The van der Waals surface area contributed by atoms with Gasteiger partial charge >= 0.3 is 0 Å². The first kappa shape index (κ1) is 18.0. The fraction of sp³-hybridized carbons (Fsp3) is 0.375. The van der Waals surface area contributed by atoms with Gasteiger partial charge in [-0.1, -0.05) is 60.7 Å². The Kier molecular flexibility index (Phi) is 5.40. The van der Waals surface area contributed by atoms with Gasteiger partial charge < -0.3 is 5.11 Å². The van der Waals surface area contributed by atoms with Crippen molar-refractivity contribution in [2.75, 3.05) is 6.61 Å². The second kappa shape index (κ2) is 8.10. The lowest BCUT2D eigenvalue weighted by molar-refractivity contribution is 0.159. The first-order valence-electron chi connectivity index (χ1n) is 10.1. The van der Waals surface area contributed by atoms with Gasteiger partial charge in [0, 0.05) is 30.0 Å². The molecule has 1 N–H and O–H groups in total. The molecule has 0 spiro atoms. The third-order valence-electron chi connectivity index (χ3n) is 5.97. The Morgan fingerprint density at radius 1 is 0.852 bits per heavy atom. The molecule has 1 aliphatic carbocycles. The predicted molar refractivity (Wildman–Crippen MR) is 110 cm³/mol. The standard InChI is InChI=1S/C24H28N2O/c1-18-23(21-8-4-2-5-9-21)24(22-10-6-3-7-11-22)25-26(18)16-19-12-14-20(17-27)15-13-19/h2-11,19-20,27H,12-17H2,1H3. The molecule has 1 fully saturated rings. The van der Waals surface area contributed by atoms with Crippen LogP contribution in [0.25, 0.3) is 22.4 Å². The van der Waals surface area contributed by atoms with Crippen LogP contribution in [0.5, 0.6) is 0 Å². The van der Waals surface area contributed by atoms with Crippen LogP contribution in [0, 0.1) is 18.8 Å². The van der Waals surface area contributed by atoms with Crippen LogP contribution in [0.15, 0.2) is 60.7 Å². The van der Waals surface area contributed by atoms with Gasteiger partial charge in [0.15, 0.2) is 0 Å². The molecule has 3 heteroatoms. The predicted octanol–water partition coefficient (Wildman–Crippen LogP) is 5.32. The average molecular weight is 361 g/mol. The summed E-state index contributed by atoms with van der Waals surface area (Å²) >= 11 is 0. The molecule has 0 saturated heterocycles. The van der Waals surface area contributed by atoms with Crippen molar-refractivity contribution < 1.29 is 5.11 Å². The highest BCUT2D eigenvalue weighted by Gasteiger charge is 2.24. The lowest BCUT2D eigenvalue weighted by atomic mass is 9.82. The van der Waals surface area contributed by atoms with E-state index in [9.17, 15) is 5.11 Å². The molecule has 3 aromatic rings. The summed E-state index contributed by atoms with van der Waals surface area (Å²) < 4.78 is 2.22. The van der Waals surface area contributed by atoms with Crippen molar-refractivity contribution in [1.82, 2.24) is 9.78 Å². The summed E-state index contributed by atoms with van der Waals surface area (Å²) in [7, 11) is 0. The van der Waals surface area contributed by atoms with E-state index in [1.807, 2.05) is 0 Å². The highest BCUT2D eigenvalue weighted by molar-refractivity contribution is 5.82. The summed E-state index contributed by atoms with van der Waals surface area (Å²) in [6.07, 6.45) is 4.65. The molecule has 1 heterocycles. The molecule has 27 heavy (non-hydrogen) atoms. The zero-order valence-corrected chi connectivity index (χ0v) is 16.0. The summed E-state index contributed by atoms with van der Waals surface area (Å²) in [4.78, 5) is 0. The summed E-state index contributed by atoms with van der Waals surface area (Å²) in [5.41, 5.74) is 5.95. The van der Waals surface area contributed by atoms with Gasteiger partial charge in [0.25, 0.3) is 0 Å². The van der Waals surface area contributed by atoms with E-state index in [1.54, 1.807) is 0 Å². The number of hydrogen-bond acceptors (Lipinski definition) is 2. The number of nitrogens with zero attached hydrogens (tertiary/aromatic N) is 2. The highest BCUT2D eigenvalue weighted by Crippen LogP contribution is 2.36.